The lowest BCUT2D eigenvalue weighted by Gasteiger charge is -2.34. The Bertz CT molecular complexity index is 895. The first kappa shape index (κ1) is 32.9. The number of ether oxygens (including phenoxy) is 1. The van der Waals surface area contributed by atoms with Crippen molar-refractivity contribution in [1.82, 2.24) is 15.5 Å². The van der Waals surface area contributed by atoms with E-state index in [0.717, 1.165) is 37.7 Å². The second-order valence-corrected chi connectivity index (χ2v) is 10.8. The summed E-state index contributed by atoms with van der Waals surface area (Å²) in [5, 5.41) is 5.60. The van der Waals surface area contributed by atoms with Crippen LogP contribution in [0.2, 0.25) is 0 Å². The molecule has 0 aliphatic carbocycles. The normalized spacial score (nSPS) is 12.8. The Kier molecular flexibility index (Phi) is 14.5. The molecule has 2 unspecified atom stereocenters. The lowest BCUT2D eigenvalue weighted by molar-refractivity contribution is -0.142. The Morgan fingerprint density at radius 3 is 2.16 bits per heavy atom. The molecule has 0 heterocycles. The maximum atomic E-state index is 14.1. The van der Waals surface area contributed by atoms with Gasteiger partial charge in [0.1, 0.15) is 17.7 Å². The number of primary amides is 1. The molecule has 214 valence electrons. The van der Waals surface area contributed by atoms with E-state index in [1.807, 2.05) is 38.1 Å². The summed E-state index contributed by atoms with van der Waals surface area (Å²) in [5.74, 6) is -1.32. The van der Waals surface area contributed by atoms with Gasteiger partial charge in [0.05, 0.1) is 0 Å². The zero-order valence-corrected chi connectivity index (χ0v) is 24.1. The van der Waals surface area contributed by atoms with Gasteiger partial charge in [-0.2, -0.15) is 0 Å². The number of unbranched alkanes of at least 4 members (excludes halogenated alkanes) is 4. The summed E-state index contributed by atoms with van der Waals surface area (Å²) in [6, 6.07) is 5.55. The number of hydrogen-bond donors (Lipinski definition) is 3. The largest absolute Gasteiger partial charge is 0.444 e. The van der Waals surface area contributed by atoms with E-state index >= 15 is 0 Å². The van der Waals surface area contributed by atoms with Gasteiger partial charge in [0.2, 0.25) is 17.7 Å². The average molecular weight is 533 g/mol. The molecule has 1 rings (SSSR count). The predicted octanol–water partition coefficient (Wildman–Crippen LogP) is 4.52. The van der Waals surface area contributed by atoms with Crippen molar-refractivity contribution in [3.05, 3.63) is 35.4 Å². The SMILES string of the molecule is CCCCCCN(C(=O)C(CCC(N)=O)NC(=O)OC(C)(C)C)C(C(=O)NCCCC)c1ccc(C)cc1. The van der Waals surface area contributed by atoms with Crippen molar-refractivity contribution in [3.8, 4) is 0 Å². The van der Waals surface area contributed by atoms with Gasteiger partial charge >= 0.3 is 6.09 Å². The molecule has 0 aromatic heterocycles. The molecule has 1 aromatic rings. The van der Waals surface area contributed by atoms with Crippen LogP contribution in [-0.4, -0.2) is 53.4 Å². The van der Waals surface area contributed by atoms with Crippen molar-refractivity contribution < 1.29 is 23.9 Å². The third-order valence-electron chi connectivity index (χ3n) is 5.99. The number of amides is 4. The number of nitrogens with one attached hydrogen (secondary N) is 2. The third kappa shape index (κ3) is 12.4. The fraction of sp³-hybridized carbons (Fsp3) is 0.655. The average Bonchev–Trinajstić information content (AvgIpc) is 2.83. The van der Waals surface area contributed by atoms with Gasteiger partial charge in [-0.1, -0.05) is 69.4 Å². The molecule has 0 fully saturated rings. The molecule has 0 aliphatic rings. The van der Waals surface area contributed by atoms with Gasteiger partial charge in [0.25, 0.3) is 0 Å². The van der Waals surface area contributed by atoms with Gasteiger partial charge in [0, 0.05) is 19.5 Å². The van der Waals surface area contributed by atoms with E-state index in [0.29, 0.717) is 25.1 Å². The predicted molar refractivity (Wildman–Crippen MR) is 149 cm³/mol. The van der Waals surface area contributed by atoms with Gasteiger partial charge in [-0.05, 0) is 52.5 Å². The molecule has 4 amide bonds. The lowest BCUT2D eigenvalue weighted by atomic mass is 9.99. The number of carbonyl (C=O) groups excluding carboxylic acids is 4. The van der Waals surface area contributed by atoms with E-state index < -0.39 is 35.6 Å². The van der Waals surface area contributed by atoms with Crippen LogP contribution < -0.4 is 16.4 Å². The molecule has 2 atom stereocenters. The summed E-state index contributed by atoms with van der Waals surface area (Å²) in [6.45, 7) is 12.1. The Balaban J connectivity index is 3.44. The number of rotatable bonds is 16. The zero-order chi connectivity index (χ0) is 28.7. The van der Waals surface area contributed by atoms with Crippen molar-refractivity contribution in [3.63, 3.8) is 0 Å². The van der Waals surface area contributed by atoms with Gasteiger partial charge in [-0.3, -0.25) is 14.4 Å². The van der Waals surface area contributed by atoms with Crippen molar-refractivity contribution in [2.75, 3.05) is 13.1 Å². The summed E-state index contributed by atoms with van der Waals surface area (Å²) in [7, 11) is 0. The molecule has 0 aliphatic heterocycles. The van der Waals surface area contributed by atoms with Gasteiger partial charge in [0.15, 0.2) is 0 Å². The monoisotopic (exact) mass is 532 g/mol. The van der Waals surface area contributed by atoms with Crippen molar-refractivity contribution in [1.29, 1.82) is 0 Å². The van der Waals surface area contributed by atoms with Crippen LogP contribution in [0.3, 0.4) is 0 Å². The highest BCUT2D eigenvalue weighted by Gasteiger charge is 2.36. The smallest absolute Gasteiger partial charge is 0.408 e. The van der Waals surface area contributed by atoms with E-state index in [1.165, 1.54) is 4.90 Å². The van der Waals surface area contributed by atoms with Crippen LogP contribution in [-0.2, 0) is 19.1 Å². The van der Waals surface area contributed by atoms with E-state index in [2.05, 4.69) is 17.6 Å². The second-order valence-electron chi connectivity index (χ2n) is 10.8. The molecular weight excluding hydrogens is 484 g/mol. The lowest BCUT2D eigenvalue weighted by Crippen LogP contribution is -2.53. The van der Waals surface area contributed by atoms with Crippen LogP contribution in [0, 0.1) is 6.92 Å². The summed E-state index contributed by atoms with van der Waals surface area (Å²) in [6.07, 6.45) is 4.47. The molecule has 38 heavy (non-hydrogen) atoms. The maximum absolute atomic E-state index is 14.1. The Morgan fingerprint density at radius 2 is 1.61 bits per heavy atom. The molecule has 0 spiro atoms. The number of aryl methyl sites for hydroxylation is 1. The van der Waals surface area contributed by atoms with Crippen molar-refractivity contribution in [2.45, 2.75) is 111 Å². The van der Waals surface area contributed by atoms with E-state index in [1.54, 1.807) is 20.8 Å². The summed E-state index contributed by atoms with van der Waals surface area (Å²) in [5.41, 5.74) is 6.31. The van der Waals surface area contributed by atoms with Crippen LogP contribution in [0.4, 0.5) is 4.79 Å². The first-order valence-electron chi connectivity index (χ1n) is 13.8. The number of hydrogen-bond acceptors (Lipinski definition) is 5. The summed E-state index contributed by atoms with van der Waals surface area (Å²) < 4.78 is 5.37. The topological polar surface area (TPSA) is 131 Å². The first-order chi connectivity index (χ1) is 17.9. The first-order valence-corrected chi connectivity index (χ1v) is 13.8. The molecule has 9 nitrogen and oxygen atoms in total. The minimum absolute atomic E-state index is 0.00303. The molecular formula is C29H48N4O5. The van der Waals surface area contributed by atoms with Crippen LogP contribution in [0.1, 0.15) is 103 Å². The second kappa shape index (κ2) is 16.7. The highest BCUT2D eigenvalue weighted by atomic mass is 16.6. The quantitative estimate of drug-likeness (QED) is 0.269. The van der Waals surface area contributed by atoms with Crippen LogP contribution in [0.25, 0.3) is 0 Å². The van der Waals surface area contributed by atoms with E-state index in [4.69, 9.17) is 10.5 Å². The van der Waals surface area contributed by atoms with E-state index in [-0.39, 0.29) is 18.7 Å². The van der Waals surface area contributed by atoms with Gasteiger partial charge < -0.3 is 26.0 Å². The number of nitrogens with zero attached hydrogens (tertiary/aromatic N) is 1. The minimum atomic E-state index is -1.08. The molecule has 4 N–H and O–H groups in total. The molecule has 0 radical (unpaired) electrons. The maximum Gasteiger partial charge on any atom is 0.408 e. The fourth-order valence-electron chi connectivity index (χ4n) is 3.98. The van der Waals surface area contributed by atoms with Crippen LogP contribution >= 0.6 is 0 Å². The Morgan fingerprint density at radius 1 is 0.974 bits per heavy atom. The van der Waals surface area contributed by atoms with Crippen LogP contribution in [0.5, 0.6) is 0 Å². The number of benzene rings is 1. The van der Waals surface area contributed by atoms with Crippen LogP contribution in [0.15, 0.2) is 24.3 Å². The highest BCUT2D eigenvalue weighted by molar-refractivity contribution is 5.92. The molecule has 0 saturated heterocycles. The number of nitrogens with two attached hydrogens (primary N) is 1. The summed E-state index contributed by atoms with van der Waals surface area (Å²) >= 11 is 0. The molecule has 0 bridgehead atoms. The van der Waals surface area contributed by atoms with Crippen molar-refractivity contribution >= 4 is 23.8 Å². The zero-order valence-electron chi connectivity index (χ0n) is 24.1. The van der Waals surface area contributed by atoms with Gasteiger partial charge in [-0.25, -0.2) is 4.79 Å². The van der Waals surface area contributed by atoms with E-state index in [9.17, 15) is 19.2 Å². The summed E-state index contributed by atoms with van der Waals surface area (Å²) in [4.78, 5) is 53.4. The molecule has 1 aromatic carbocycles. The standard InChI is InChI=1S/C29H48N4O5/c1-7-9-11-12-20-33(25(26(35)31-19-10-8-2)22-15-13-21(3)14-16-22)27(36)23(17-18-24(30)34)32-28(37)38-29(4,5)6/h13-16,23,25H,7-12,17-20H2,1-6H3,(H2,30,34)(H,31,35)(H,32,37). The highest BCUT2D eigenvalue weighted by Crippen LogP contribution is 2.25. The van der Waals surface area contributed by atoms with Gasteiger partial charge in [-0.15, -0.1) is 0 Å². The van der Waals surface area contributed by atoms with Crippen molar-refractivity contribution in [2.24, 2.45) is 5.73 Å². The molecule has 0 saturated carbocycles. The fourth-order valence-corrected chi connectivity index (χ4v) is 3.98. The minimum Gasteiger partial charge on any atom is -0.444 e. The Hall–Kier alpha value is -3.10. The molecule has 9 heteroatoms. The Labute approximate surface area is 228 Å². The third-order valence-corrected chi connectivity index (χ3v) is 5.99. The number of carbonyl (C=O) groups is 4. The number of alkyl carbamates (subject to hydrolysis) is 1.